The molecule has 0 aromatic rings. The molecule has 2 rings (SSSR count). The van der Waals surface area contributed by atoms with E-state index in [2.05, 4.69) is 11.4 Å². The van der Waals surface area contributed by atoms with E-state index < -0.39 is 5.97 Å². The highest BCUT2D eigenvalue weighted by Crippen LogP contribution is 2.19. The molecule has 116 valence electrons. The zero-order chi connectivity index (χ0) is 14.9. The van der Waals surface area contributed by atoms with Gasteiger partial charge >= 0.3 is 5.97 Å². The zero-order valence-electron chi connectivity index (χ0n) is 12.1. The molecule has 0 spiro atoms. The summed E-state index contributed by atoms with van der Waals surface area (Å²) >= 11 is 0. The molecule has 1 N–H and O–H groups in total. The van der Waals surface area contributed by atoms with Crippen LogP contribution < -0.4 is 5.32 Å². The van der Waals surface area contributed by atoms with Crippen molar-refractivity contribution in [3.8, 4) is 0 Å². The molecule has 0 unspecified atom stereocenters. The number of amides is 1. The van der Waals surface area contributed by atoms with Gasteiger partial charge in [0.2, 0.25) is 5.76 Å². The largest absolute Gasteiger partial charge is 0.493 e. The van der Waals surface area contributed by atoms with E-state index in [0.29, 0.717) is 19.8 Å². The number of ether oxygens (including phenoxy) is 3. The Kier molecular flexibility index (Phi) is 6.12. The molecule has 6 heteroatoms. The number of esters is 1. The SMILES string of the molecule is O=C(COC(=O)C1=COCCO1)NCCC1=CCCCC1. The Bertz CT molecular complexity index is 441. The summed E-state index contributed by atoms with van der Waals surface area (Å²) < 4.78 is 14.8. The van der Waals surface area contributed by atoms with Gasteiger partial charge in [-0.25, -0.2) is 4.79 Å². The number of carbonyl (C=O) groups excluding carboxylic acids is 2. The van der Waals surface area contributed by atoms with Crippen LogP contribution in [0, 0.1) is 0 Å². The first-order valence-electron chi connectivity index (χ1n) is 7.32. The molecule has 1 heterocycles. The lowest BCUT2D eigenvalue weighted by Gasteiger charge is -2.15. The van der Waals surface area contributed by atoms with Crippen molar-refractivity contribution >= 4 is 11.9 Å². The van der Waals surface area contributed by atoms with Gasteiger partial charge in [0.15, 0.2) is 6.61 Å². The summed E-state index contributed by atoms with van der Waals surface area (Å²) in [6.45, 7) is 0.985. The fourth-order valence-corrected chi connectivity index (χ4v) is 2.22. The molecule has 1 amide bonds. The van der Waals surface area contributed by atoms with E-state index in [1.54, 1.807) is 0 Å². The molecule has 1 aliphatic heterocycles. The number of hydrogen-bond acceptors (Lipinski definition) is 5. The molecule has 1 aliphatic carbocycles. The number of hydrogen-bond donors (Lipinski definition) is 1. The first kappa shape index (κ1) is 15.4. The summed E-state index contributed by atoms with van der Waals surface area (Å²) in [7, 11) is 0. The number of allylic oxidation sites excluding steroid dienone is 1. The van der Waals surface area contributed by atoms with Gasteiger partial charge in [-0.05, 0) is 32.1 Å². The van der Waals surface area contributed by atoms with Crippen molar-refractivity contribution < 1.29 is 23.8 Å². The smallest absolute Gasteiger partial charge is 0.377 e. The fraction of sp³-hybridized carbons (Fsp3) is 0.600. The Morgan fingerprint density at radius 3 is 2.90 bits per heavy atom. The van der Waals surface area contributed by atoms with Crippen LogP contribution in [0.2, 0.25) is 0 Å². The van der Waals surface area contributed by atoms with Gasteiger partial charge in [0.1, 0.15) is 19.5 Å². The van der Waals surface area contributed by atoms with Crippen molar-refractivity contribution in [3.63, 3.8) is 0 Å². The minimum Gasteiger partial charge on any atom is -0.493 e. The molecular formula is C15H21NO5. The molecule has 0 saturated heterocycles. The maximum absolute atomic E-state index is 11.6. The average molecular weight is 295 g/mol. The van der Waals surface area contributed by atoms with Gasteiger partial charge in [0, 0.05) is 6.54 Å². The van der Waals surface area contributed by atoms with Crippen LogP contribution in [0.25, 0.3) is 0 Å². The summed E-state index contributed by atoms with van der Waals surface area (Å²) in [5, 5.41) is 2.74. The molecular weight excluding hydrogens is 274 g/mol. The molecule has 0 fully saturated rings. The van der Waals surface area contributed by atoms with Crippen molar-refractivity contribution in [2.45, 2.75) is 32.1 Å². The lowest BCUT2D eigenvalue weighted by molar-refractivity contribution is -0.149. The lowest BCUT2D eigenvalue weighted by atomic mass is 9.97. The predicted octanol–water partition coefficient (Wildman–Crippen LogP) is 1.42. The van der Waals surface area contributed by atoms with Crippen LogP contribution in [0.4, 0.5) is 0 Å². The third-order valence-electron chi connectivity index (χ3n) is 3.34. The summed E-state index contributed by atoms with van der Waals surface area (Å²) in [5.74, 6) is -0.988. The van der Waals surface area contributed by atoms with Gasteiger partial charge < -0.3 is 19.5 Å². The Morgan fingerprint density at radius 1 is 1.29 bits per heavy atom. The standard InChI is InChI=1S/C15H21NO5/c17-14(16-7-6-12-4-2-1-3-5-12)11-21-15(18)13-10-19-8-9-20-13/h4,10H,1-3,5-9,11H2,(H,16,17). The molecule has 0 atom stereocenters. The molecule has 0 aromatic heterocycles. The monoisotopic (exact) mass is 295 g/mol. The number of nitrogens with one attached hydrogen (secondary N) is 1. The minimum absolute atomic E-state index is 0.00131. The van der Waals surface area contributed by atoms with Gasteiger partial charge in [0.25, 0.3) is 5.91 Å². The van der Waals surface area contributed by atoms with Gasteiger partial charge in [-0.2, -0.15) is 0 Å². The Labute approximate surface area is 124 Å². The quantitative estimate of drug-likeness (QED) is 0.592. The first-order valence-corrected chi connectivity index (χ1v) is 7.32. The third kappa shape index (κ3) is 5.49. The number of carbonyl (C=O) groups is 2. The second-order valence-electron chi connectivity index (χ2n) is 4.99. The van der Waals surface area contributed by atoms with E-state index in [1.165, 1.54) is 24.7 Å². The number of rotatable bonds is 6. The molecule has 0 saturated carbocycles. The highest BCUT2D eigenvalue weighted by molar-refractivity contribution is 5.88. The maximum atomic E-state index is 11.6. The van der Waals surface area contributed by atoms with Crippen LogP contribution in [-0.2, 0) is 23.8 Å². The second kappa shape index (κ2) is 8.34. The molecule has 21 heavy (non-hydrogen) atoms. The van der Waals surface area contributed by atoms with Gasteiger partial charge in [0.05, 0.1) is 0 Å². The van der Waals surface area contributed by atoms with Crippen LogP contribution in [0.3, 0.4) is 0 Å². The van der Waals surface area contributed by atoms with Gasteiger partial charge in [-0.1, -0.05) is 11.6 Å². The maximum Gasteiger partial charge on any atom is 0.377 e. The van der Waals surface area contributed by atoms with E-state index in [9.17, 15) is 9.59 Å². The molecule has 6 nitrogen and oxygen atoms in total. The topological polar surface area (TPSA) is 73.9 Å². The van der Waals surface area contributed by atoms with E-state index >= 15 is 0 Å². The molecule has 0 bridgehead atoms. The van der Waals surface area contributed by atoms with Crippen molar-refractivity contribution in [2.75, 3.05) is 26.4 Å². The molecule has 0 aromatic carbocycles. The Hall–Kier alpha value is -1.98. The Morgan fingerprint density at radius 2 is 2.19 bits per heavy atom. The Balaban J connectivity index is 1.59. The first-order chi connectivity index (χ1) is 10.3. The van der Waals surface area contributed by atoms with E-state index in [-0.39, 0.29) is 18.3 Å². The summed E-state index contributed by atoms with van der Waals surface area (Å²) in [4.78, 5) is 23.1. The normalized spacial score (nSPS) is 17.7. The second-order valence-corrected chi connectivity index (χ2v) is 4.99. The van der Waals surface area contributed by atoms with Crippen LogP contribution in [0.1, 0.15) is 32.1 Å². The van der Waals surface area contributed by atoms with Crippen molar-refractivity contribution in [1.82, 2.24) is 5.32 Å². The minimum atomic E-state index is -0.681. The van der Waals surface area contributed by atoms with Crippen LogP contribution >= 0.6 is 0 Å². The van der Waals surface area contributed by atoms with Crippen LogP contribution in [0.5, 0.6) is 0 Å². The van der Waals surface area contributed by atoms with Crippen molar-refractivity contribution in [3.05, 3.63) is 23.7 Å². The van der Waals surface area contributed by atoms with Crippen LogP contribution in [-0.4, -0.2) is 38.2 Å². The van der Waals surface area contributed by atoms with Gasteiger partial charge in [-0.15, -0.1) is 0 Å². The highest BCUT2D eigenvalue weighted by Gasteiger charge is 2.17. The van der Waals surface area contributed by atoms with E-state index in [0.717, 1.165) is 19.3 Å². The lowest BCUT2D eigenvalue weighted by Crippen LogP contribution is -2.30. The van der Waals surface area contributed by atoms with Gasteiger partial charge in [-0.3, -0.25) is 4.79 Å². The van der Waals surface area contributed by atoms with E-state index in [1.807, 2.05) is 0 Å². The van der Waals surface area contributed by atoms with E-state index in [4.69, 9.17) is 14.2 Å². The summed E-state index contributed by atoms with van der Waals surface area (Å²) in [5.41, 5.74) is 1.40. The fourth-order valence-electron chi connectivity index (χ4n) is 2.22. The third-order valence-corrected chi connectivity index (χ3v) is 3.34. The predicted molar refractivity (Wildman–Crippen MR) is 75.1 cm³/mol. The molecule has 0 radical (unpaired) electrons. The average Bonchev–Trinajstić information content (AvgIpc) is 2.54. The zero-order valence-corrected chi connectivity index (χ0v) is 12.1. The van der Waals surface area contributed by atoms with Crippen molar-refractivity contribution in [1.29, 1.82) is 0 Å². The summed E-state index contributed by atoms with van der Waals surface area (Å²) in [6.07, 6.45) is 9.07. The molecule has 2 aliphatic rings. The summed E-state index contributed by atoms with van der Waals surface area (Å²) in [6, 6.07) is 0. The van der Waals surface area contributed by atoms with Crippen LogP contribution in [0.15, 0.2) is 23.7 Å². The highest BCUT2D eigenvalue weighted by atomic mass is 16.6. The van der Waals surface area contributed by atoms with Crippen molar-refractivity contribution in [2.24, 2.45) is 0 Å².